The first-order chi connectivity index (χ1) is 9.19. The minimum Gasteiger partial charge on any atom is -0.476 e. The number of hydrogen-bond acceptors (Lipinski definition) is 4. The fraction of sp³-hybridized carbons (Fsp3) is 0.571. The molecule has 1 amide bonds. The number of ether oxygens (including phenoxy) is 1. The van der Waals surface area contributed by atoms with Crippen LogP contribution < -0.4 is 15.8 Å². The van der Waals surface area contributed by atoms with Gasteiger partial charge in [-0.25, -0.2) is 4.98 Å². The zero-order valence-electron chi connectivity index (χ0n) is 11.3. The van der Waals surface area contributed by atoms with Crippen molar-refractivity contribution in [3.63, 3.8) is 0 Å². The van der Waals surface area contributed by atoms with E-state index in [0.29, 0.717) is 31.1 Å². The molecule has 1 saturated carbocycles. The molecule has 3 N–H and O–H groups in total. The Labute approximate surface area is 113 Å². The van der Waals surface area contributed by atoms with Crippen LogP contribution in [0.25, 0.3) is 0 Å². The van der Waals surface area contributed by atoms with Crippen molar-refractivity contribution in [3.05, 3.63) is 18.3 Å². The minimum atomic E-state index is -0.0147. The van der Waals surface area contributed by atoms with Gasteiger partial charge in [0.2, 0.25) is 11.8 Å². The summed E-state index contributed by atoms with van der Waals surface area (Å²) in [4.78, 5) is 16.2. The summed E-state index contributed by atoms with van der Waals surface area (Å²) < 4.78 is 5.38. The molecule has 0 unspecified atom stereocenters. The molecule has 5 heteroatoms. The van der Waals surface area contributed by atoms with Gasteiger partial charge in [0.15, 0.2) is 0 Å². The summed E-state index contributed by atoms with van der Waals surface area (Å²) in [5, 5.41) is 2.87. The number of anilines is 1. The van der Waals surface area contributed by atoms with Crippen LogP contribution in [0.5, 0.6) is 5.88 Å². The van der Waals surface area contributed by atoms with Gasteiger partial charge in [-0.1, -0.05) is 6.42 Å². The molecule has 1 aliphatic carbocycles. The van der Waals surface area contributed by atoms with Crippen LogP contribution in [0.3, 0.4) is 0 Å². The highest BCUT2D eigenvalue weighted by Crippen LogP contribution is 2.43. The van der Waals surface area contributed by atoms with E-state index in [4.69, 9.17) is 10.5 Å². The van der Waals surface area contributed by atoms with Gasteiger partial charge in [0.1, 0.15) is 5.69 Å². The molecular weight excluding hydrogens is 242 g/mol. The van der Waals surface area contributed by atoms with Gasteiger partial charge in [0.05, 0.1) is 6.61 Å². The van der Waals surface area contributed by atoms with Crippen molar-refractivity contribution in [2.75, 3.05) is 18.5 Å². The lowest BCUT2D eigenvalue weighted by Crippen LogP contribution is -2.40. The van der Waals surface area contributed by atoms with E-state index in [1.807, 2.05) is 6.92 Å². The predicted octanol–water partition coefficient (Wildman–Crippen LogP) is 1.94. The minimum absolute atomic E-state index is 0.0120. The van der Waals surface area contributed by atoms with Crippen molar-refractivity contribution in [1.29, 1.82) is 0 Å². The van der Waals surface area contributed by atoms with Crippen LogP contribution in [0.4, 0.5) is 5.69 Å². The van der Waals surface area contributed by atoms with Crippen molar-refractivity contribution in [2.24, 2.45) is 11.1 Å². The Bertz CT molecular complexity index is 439. The highest BCUT2D eigenvalue weighted by molar-refractivity contribution is 5.92. The van der Waals surface area contributed by atoms with Gasteiger partial charge in [-0.3, -0.25) is 4.79 Å². The third kappa shape index (κ3) is 3.23. The SMILES string of the molecule is CCOc1ncccc1NC(=O)CC1(CN)CCC1. The largest absolute Gasteiger partial charge is 0.476 e. The molecule has 104 valence electrons. The topological polar surface area (TPSA) is 77.2 Å². The molecule has 1 fully saturated rings. The third-order valence-electron chi connectivity index (χ3n) is 3.71. The van der Waals surface area contributed by atoms with E-state index in [-0.39, 0.29) is 11.3 Å². The summed E-state index contributed by atoms with van der Waals surface area (Å²) in [6, 6.07) is 3.58. The van der Waals surface area contributed by atoms with Crippen molar-refractivity contribution in [2.45, 2.75) is 32.6 Å². The van der Waals surface area contributed by atoms with E-state index < -0.39 is 0 Å². The maximum atomic E-state index is 12.1. The number of pyridine rings is 1. The monoisotopic (exact) mass is 263 g/mol. The van der Waals surface area contributed by atoms with Gasteiger partial charge in [-0.05, 0) is 43.9 Å². The fourth-order valence-electron chi connectivity index (χ4n) is 2.40. The average molecular weight is 263 g/mol. The summed E-state index contributed by atoms with van der Waals surface area (Å²) >= 11 is 0. The normalized spacial score (nSPS) is 16.5. The number of rotatable bonds is 6. The van der Waals surface area contributed by atoms with Crippen LogP contribution in [0.15, 0.2) is 18.3 Å². The lowest BCUT2D eigenvalue weighted by atomic mass is 9.66. The number of nitrogens with zero attached hydrogens (tertiary/aromatic N) is 1. The van der Waals surface area contributed by atoms with E-state index in [0.717, 1.165) is 12.8 Å². The molecule has 0 aliphatic heterocycles. The van der Waals surface area contributed by atoms with Gasteiger partial charge in [-0.2, -0.15) is 0 Å². The van der Waals surface area contributed by atoms with Gasteiger partial charge in [0.25, 0.3) is 0 Å². The molecule has 0 atom stereocenters. The van der Waals surface area contributed by atoms with E-state index in [1.54, 1.807) is 18.3 Å². The van der Waals surface area contributed by atoms with Crippen LogP contribution in [-0.4, -0.2) is 24.0 Å². The van der Waals surface area contributed by atoms with Gasteiger partial charge < -0.3 is 15.8 Å². The molecule has 0 saturated heterocycles. The zero-order chi connectivity index (χ0) is 13.7. The second-order valence-corrected chi connectivity index (χ2v) is 5.07. The molecular formula is C14H21N3O2. The molecule has 1 aromatic heterocycles. The molecule has 1 aromatic rings. The number of amides is 1. The van der Waals surface area contributed by atoms with E-state index in [9.17, 15) is 4.79 Å². The Morgan fingerprint density at radius 2 is 2.37 bits per heavy atom. The fourth-order valence-corrected chi connectivity index (χ4v) is 2.40. The van der Waals surface area contributed by atoms with Crippen molar-refractivity contribution < 1.29 is 9.53 Å². The van der Waals surface area contributed by atoms with E-state index in [2.05, 4.69) is 10.3 Å². The lowest BCUT2D eigenvalue weighted by Gasteiger charge is -2.40. The number of aromatic nitrogens is 1. The Balaban J connectivity index is 1.98. The zero-order valence-corrected chi connectivity index (χ0v) is 11.3. The van der Waals surface area contributed by atoms with Crippen LogP contribution in [0.1, 0.15) is 32.6 Å². The van der Waals surface area contributed by atoms with Gasteiger partial charge in [-0.15, -0.1) is 0 Å². The molecule has 0 spiro atoms. The number of nitrogens with two attached hydrogens (primary N) is 1. The van der Waals surface area contributed by atoms with Crippen LogP contribution in [-0.2, 0) is 4.79 Å². The second-order valence-electron chi connectivity index (χ2n) is 5.07. The Hall–Kier alpha value is -1.62. The maximum Gasteiger partial charge on any atom is 0.237 e. The Kier molecular flexibility index (Phi) is 4.37. The summed E-state index contributed by atoms with van der Waals surface area (Å²) in [7, 11) is 0. The molecule has 2 rings (SSSR count). The second kappa shape index (κ2) is 6.02. The first-order valence-electron chi connectivity index (χ1n) is 6.77. The van der Waals surface area contributed by atoms with Gasteiger partial charge in [0, 0.05) is 12.6 Å². The summed E-state index contributed by atoms with van der Waals surface area (Å²) in [6.07, 6.45) is 5.38. The molecule has 0 radical (unpaired) electrons. The smallest absolute Gasteiger partial charge is 0.237 e. The lowest BCUT2D eigenvalue weighted by molar-refractivity contribution is -0.119. The summed E-state index contributed by atoms with van der Waals surface area (Å²) in [5.41, 5.74) is 6.41. The van der Waals surface area contributed by atoms with Crippen molar-refractivity contribution in [1.82, 2.24) is 4.98 Å². The number of carbonyl (C=O) groups excluding carboxylic acids is 1. The number of carbonyl (C=O) groups is 1. The Morgan fingerprint density at radius 1 is 1.58 bits per heavy atom. The van der Waals surface area contributed by atoms with Crippen LogP contribution in [0.2, 0.25) is 0 Å². The van der Waals surface area contributed by atoms with E-state index >= 15 is 0 Å². The highest BCUT2D eigenvalue weighted by atomic mass is 16.5. The third-order valence-corrected chi connectivity index (χ3v) is 3.71. The summed E-state index contributed by atoms with van der Waals surface area (Å²) in [6.45, 7) is 2.98. The Morgan fingerprint density at radius 3 is 2.95 bits per heavy atom. The number of nitrogens with one attached hydrogen (secondary N) is 1. The van der Waals surface area contributed by atoms with Crippen LogP contribution >= 0.6 is 0 Å². The maximum absolute atomic E-state index is 12.1. The molecule has 0 aromatic carbocycles. The molecule has 5 nitrogen and oxygen atoms in total. The van der Waals surface area contributed by atoms with Gasteiger partial charge >= 0.3 is 0 Å². The molecule has 19 heavy (non-hydrogen) atoms. The number of hydrogen-bond donors (Lipinski definition) is 2. The molecule has 1 aliphatic rings. The highest BCUT2D eigenvalue weighted by Gasteiger charge is 2.37. The van der Waals surface area contributed by atoms with E-state index in [1.165, 1.54) is 6.42 Å². The first-order valence-corrected chi connectivity index (χ1v) is 6.77. The van der Waals surface area contributed by atoms with Crippen LogP contribution in [0, 0.1) is 5.41 Å². The molecule has 1 heterocycles. The average Bonchev–Trinajstić information content (AvgIpc) is 2.36. The first kappa shape index (κ1) is 13.8. The quantitative estimate of drug-likeness (QED) is 0.822. The molecule has 0 bridgehead atoms. The van der Waals surface area contributed by atoms with Crippen molar-refractivity contribution >= 4 is 11.6 Å². The predicted molar refractivity (Wildman–Crippen MR) is 74.0 cm³/mol. The summed E-state index contributed by atoms with van der Waals surface area (Å²) in [5.74, 6) is 0.452. The van der Waals surface area contributed by atoms with Crippen molar-refractivity contribution in [3.8, 4) is 5.88 Å². The standard InChI is InChI=1S/C14H21N3O2/c1-2-19-13-11(5-3-8-16-13)17-12(18)9-14(10-15)6-4-7-14/h3,5,8H,2,4,6-7,9-10,15H2,1H3,(H,17,18).